The van der Waals surface area contributed by atoms with Gasteiger partial charge in [0.05, 0.1) is 0 Å². The molecule has 0 aliphatic rings. The summed E-state index contributed by atoms with van der Waals surface area (Å²) in [5, 5.41) is 10.7. The van der Waals surface area contributed by atoms with Gasteiger partial charge < -0.3 is 5.11 Å². The summed E-state index contributed by atoms with van der Waals surface area (Å²) < 4.78 is 26.8. The Morgan fingerprint density at radius 3 is 2.44 bits per heavy atom. The first-order valence-corrected chi connectivity index (χ1v) is 5.84. The molecule has 0 saturated carbocycles. The van der Waals surface area contributed by atoms with Gasteiger partial charge in [0, 0.05) is 10.0 Å². The quantitative estimate of drug-likeness (QED) is 0.782. The summed E-state index contributed by atoms with van der Waals surface area (Å²) in [6, 6.07) is 7.64. The van der Waals surface area contributed by atoms with Gasteiger partial charge in [-0.1, -0.05) is 31.2 Å². The van der Waals surface area contributed by atoms with E-state index in [1.807, 2.05) is 0 Å². The van der Waals surface area contributed by atoms with Crippen LogP contribution in [0.25, 0.3) is 10.8 Å². The van der Waals surface area contributed by atoms with Crippen molar-refractivity contribution in [2.75, 3.05) is 0 Å². The number of fused-ring (bicyclic) bond motifs is 1. The number of rotatable bonds is 1. The third-order valence-electron chi connectivity index (χ3n) is 2.27. The van der Waals surface area contributed by atoms with Crippen LogP contribution in [0.3, 0.4) is 0 Å². The fourth-order valence-corrected chi connectivity index (χ4v) is 2.59. The maximum absolute atomic E-state index is 13.2. The zero-order valence-electron chi connectivity index (χ0n) is 8.05. The number of phenols is 1. The minimum absolute atomic E-state index is 0.0628. The molecular formula is C11H8BrF2OP. The number of halogens is 3. The first-order valence-electron chi connectivity index (χ1n) is 4.47. The van der Waals surface area contributed by atoms with Crippen molar-refractivity contribution in [1.29, 1.82) is 0 Å². The van der Waals surface area contributed by atoms with Crippen LogP contribution in [-0.2, 0) is 5.66 Å². The van der Waals surface area contributed by atoms with E-state index < -0.39 is 5.66 Å². The van der Waals surface area contributed by atoms with Gasteiger partial charge in [0.2, 0.25) is 0 Å². The second-order valence-corrected chi connectivity index (χ2v) is 5.07. The Kier molecular flexibility index (Phi) is 2.89. The smallest absolute Gasteiger partial charge is 0.284 e. The molecule has 0 saturated heterocycles. The molecule has 84 valence electrons. The molecule has 5 heteroatoms. The highest BCUT2D eigenvalue weighted by molar-refractivity contribution is 9.10. The lowest BCUT2D eigenvalue weighted by atomic mass is 10.1. The van der Waals surface area contributed by atoms with Crippen LogP contribution in [0.5, 0.6) is 5.75 Å². The van der Waals surface area contributed by atoms with E-state index in [0.717, 1.165) is 5.39 Å². The molecule has 0 fully saturated rings. The summed E-state index contributed by atoms with van der Waals surface area (Å²) in [7, 11) is 1.50. The Bertz CT molecular complexity index is 551. The molecule has 2 rings (SSSR count). The summed E-state index contributed by atoms with van der Waals surface area (Å²) >= 11 is 3.12. The zero-order valence-corrected chi connectivity index (χ0v) is 10.8. The van der Waals surface area contributed by atoms with Gasteiger partial charge >= 0.3 is 0 Å². The number of alkyl halides is 2. The number of benzene rings is 2. The summed E-state index contributed by atoms with van der Waals surface area (Å²) in [5.74, 6) is 0.0628. The molecule has 1 N–H and O–H groups in total. The fraction of sp³-hybridized carbons (Fsp3) is 0.0909. The van der Waals surface area contributed by atoms with Gasteiger partial charge in [-0.25, -0.2) is 0 Å². The van der Waals surface area contributed by atoms with Gasteiger partial charge in [0.15, 0.2) is 0 Å². The summed E-state index contributed by atoms with van der Waals surface area (Å²) in [4.78, 5) is 0. The minimum atomic E-state index is -2.99. The standard InChI is InChI=1S/C11H8BrF2OP/c12-10-5-6-1-2-8(15)3-7(6)4-9(10)11(13,14)16/h1-5,15H,16H2. The predicted octanol–water partition coefficient (Wildman–Crippen LogP) is 4.23. The third kappa shape index (κ3) is 2.18. The highest BCUT2D eigenvalue weighted by Crippen LogP contribution is 2.41. The first kappa shape index (κ1) is 11.7. The summed E-state index contributed by atoms with van der Waals surface area (Å²) in [6.07, 6.45) is 0. The van der Waals surface area contributed by atoms with E-state index in [4.69, 9.17) is 0 Å². The zero-order chi connectivity index (χ0) is 11.9. The van der Waals surface area contributed by atoms with Crippen LogP contribution in [-0.4, -0.2) is 5.11 Å². The molecule has 2 aromatic carbocycles. The van der Waals surface area contributed by atoms with Crippen LogP contribution < -0.4 is 0 Å². The number of hydrogen-bond acceptors (Lipinski definition) is 1. The Balaban J connectivity index is 2.74. The maximum Gasteiger partial charge on any atom is 0.284 e. The molecule has 0 aromatic heterocycles. The monoisotopic (exact) mass is 304 g/mol. The van der Waals surface area contributed by atoms with E-state index in [1.54, 1.807) is 12.1 Å². The third-order valence-corrected chi connectivity index (χ3v) is 3.24. The van der Waals surface area contributed by atoms with Crippen molar-refractivity contribution >= 4 is 35.9 Å². The lowest BCUT2D eigenvalue weighted by Crippen LogP contribution is -2.03. The van der Waals surface area contributed by atoms with Crippen LogP contribution in [0.2, 0.25) is 0 Å². The van der Waals surface area contributed by atoms with Gasteiger partial charge in [-0.3, -0.25) is 0 Å². The molecule has 0 radical (unpaired) electrons. The van der Waals surface area contributed by atoms with Crippen LogP contribution in [0.1, 0.15) is 5.56 Å². The van der Waals surface area contributed by atoms with E-state index in [1.165, 1.54) is 27.4 Å². The lowest BCUT2D eigenvalue weighted by Gasteiger charge is -2.13. The molecule has 16 heavy (non-hydrogen) atoms. The van der Waals surface area contributed by atoms with Crippen molar-refractivity contribution in [3.8, 4) is 5.75 Å². The van der Waals surface area contributed by atoms with Crippen molar-refractivity contribution in [3.05, 3.63) is 40.4 Å². The molecule has 0 spiro atoms. The Labute approximate surface area is 102 Å². The van der Waals surface area contributed by atoms with Gasteiger partial charge in [0.1, 0.15) is 5.75 Å². The van der Waals surface area contributed by atoms with Crippen LogP contribution in [0, 0.1) is 0 Å². The van der Waals surface area contributed by atoms with Crippen molar-refractivity contribution in [1.82, 2.24) is 0 Å². The van der Waals surface area contributed by atoms with E-state index in [9.17, 15) is 13.9 Å². The average Bonchev–Trinajstić information content (AvgIpc) is 2.16. The molecule has 2 aromatic rings. The Morgan fingerprint density at radius 1 is 1.12 bits per heavy atom. The first-order chi connectivity index (χ1) is 7.38. The van der Waals surface area contributed by atoms with Crippen LogP contribution in [0.15, 0.2) is 34.8 Å². The molecule has 0 aliphatic carbocycles. The lowest BCUT2D eigenvalue weighted by molar-refractivity contribution is 0.103. The van der Waals surface area contributed by atoms with E-state index in [2.05, 4.69) is 15.9 Å². The van der Waals surface area contributed by atoms with Gasteiger partial charge in [0.25, 0.3) is 5.66 Å². The molecule has 1 atom stereocenters. The van der Waals surface area contributed by atoms with Crippen molar-refractivity contribution in [2.24, 2.45) is 0 Å². The SMILES string of the molecule is Oc1ccc2cc(Br)c(C(F)(F)P)cc2c1. The molecule has 0 amide bonds. The van der Waals surface area contributed by atoms with Crippen molar-refractivity contribution in [3.63, 3.8) is 0 Å². The van der Waals surface area contributed by atoms with E-state index in [0.29, 0.717) is 9.86 Å². The van der Waals surface area contributed by atoms with Gasteiger partial charge in [-0.05, 0) is 35.0 Å². The van der Waals surface area contributed by atoms with Gasteiger partial charge in [-0.2, -0.15) is 8.78 Å². The fourth-order valence-electron chi connectivity index (χ4n) is 1.51. The number of aromatic hydroxyl groups is 1. The molecule has 0 bridgehead atoms. The van der Waals surface area contributed by atoms with Crippen LogP contribution in [0.4, 0.5) is 8.78 Å². The highest BCUT2D eigenvalue weighted by atomic mass is 79.9. The topological polar surface area (TPSA) is 20.2 Å². The Morgan fingerprint density at radius 2 is 1.81 bits per heavy atom. The highest BCUT2D eigenvalue weighted by Gasteiger charge is 2.27. The normalized spacial score (nSPS) is 12.0. The molecule has 1 nitrogen and oxygen atoms in total. The molecule has 1 unspecified atom stereocenters. The second kappa shape index (κ2) is 3.94. The maximum atomic E-state index is 13.2. The molecule has 0 heterocycles. The van der Waals surface area contributed by atoms with Gasteiger partial charge in [-0.15, -0.1) is 0 Å². The Hall–Kier alpha value is -0.730. The minimum Gasteiger partial charge on any atom is -0.508 e. The largest absolute Gasteiger partial charge is 0.508 e. The van der Waals surface area contributed by atoms with Crippen molar-refractivity contribution < 1.29 is 13.9 Å². The van der Waals surface area contributed by atoms with E-state index >= 15 is 0 Å². The van der Waals surface area contributed by atoms with E-state index in [-0.39, 0.29) is 11.3 Å². The summed E-state index contributed by atoms with van der Waals surface area (Å²) in [5.41, 5.74) is -3.10. The summed E-state index contributed by atoms with van der Waals surface area (Å²) in [6.45, 7) is 0. The molecule has 0 aliphatic heterocycles. The van der Waals surface area contributed by atoms with Crippen molar-refractivity contribution in [2.45, 2.75) is 5.66 Å². The second-order valence-electron chi connectivity index (χ2n) is 3.49. The predicted molar refractivity (Wildman–Crippen MR) is 66.9 cm³/mol. The average molecular weight is 305 g/mol. The number of phenolic OH excluding ortho intramolecular Hbond substituents is 1. The number of hydrogen-bond donors (Lipinski definition) is 1. The van der Waals surface area contributed by atoms with Crippen LogP contribution >= 0.6 is 25.2 Å². The molecular weight excluding hydrogens is 297 g/mol.